The molecule has 0 aliphatic rings. The van der Waals surface area contributed by atoms with E-state index >= 15 is 0 Å². The molecule has 0 unspecified atom stereocenters. The van der Waals surface area contributed by atoms with Crippen LogP contribution in [0.3, 0.4) is 0 Å². The minimum atomic E-state index is -1.05. The normalized spacial score (nSPS) is 10.2. The van der Waals surface area contributed by atoms with Gasteiger partial charge in [-0.15, -0.1) is 0 Å². The predicted octanol–water partition coefficient (Wildman–Crippen LogP) is 12.8. The fourth-order valence-corrected chi connectivity index (χ4v) is 9.22. The van der Waals surface area contributed by atoms with E-state index in [0.717, 1.165) is 39.2 Å². The molecule has 0 heterocycles. The molecule has 8 aromatic carbocycles. The molecule has 4 nitrogen and oxygen atoms in total. The van der Waals surface area contributed by atoms with Gasteiger partial charge in [-0.05, 0) is 97.1 Å². The van der Waals surface area contributed by atoms with Crippen LogP contribution in [0, 0.1) is 0 Å². The van der Waals surface area contributed by atoms with Crippen LogP contribution in [-0.4, -0.2) is 16.8 Å². The summed E-state index contributed by atoms with van der Waals surface area (Å²) in [7, 11) is 5.52. The number of halogens is 2. The Bertz CT molecular complexity index is 1910. The zero-order chi connectivity index (χ0) is 41.9. The third-order valence-corrected chi connectivity index (χ3v) is 13.3. The average molecular weight is 981 g/mol. The van der Waals surface area contributed by atoms with Gasteiger partial charge in [0.2, 0.25) is 0 Å². The quantitative estimate of drug-likeness (QED) is 0.142. The number of rotatable bonds is 8. The van der Waals surface area contributed by atoms with E-state index < -0.39 is 43.2 Å². The Morgan fingerprint density at radius 1 is 0.220 bits per heavy atom. The van der Waals surface area contributed by atoms with Crippen molar-refractivity contribution in [3.63, 3.8) is 0 Å². The first kappa shape index (κ1) is 47.2. The number of hydrogen-bond donors (Lipinski definition) is 0. The molecule has 0 saturated heterocycles. The van der Waals surface area contributed by atoms with Crippen molar-refractivity contribution in [1.82, 2.24) is 0 Å². The minimum absolute atomic E-state index is 0.346. The molecular formula is C48H40Cl2O4RuS4. The van der Waals surface area contributed by atoms with E-state index in [4.69, 9.17) is 19.4 Å². The SMILES string of the molecule is O=S(c1ccccc1)c1ccccc1.O=S(c1ccccc1)c1ccccc1.O=S(c1ccccc1)c1ccccc1.O=S(c1ccccc1)c1ccccc1.[Cl][Ru][Cl]. The van der Waals surface area contributed by atoms with E-state index in [-0.39, 0.29) is 15.1 Å². The molecule has 0 aliphatic heterocycles. The van der Waals surface area contributed by atoms with Crippen LogP contribution in [0.25, 0.3) is 0 Å². The van der Waals surface area contributed by atoms with Gasteiger partial charge < -0.3 is 0 Å². The predicted molar refractivity (Wildman–Crippen MR) is 242 cm³/mol. The second-order valence-electron chi connectivity index (χ2n) is 11.6. The van der Waals surface area contributed by atoms with Crippen LogP contribution in [0.5, 0.6) is 0 Å². The summed E-state index contributed by atoms with van der Waals surface area (Å²) >= 11 is -0.346. The zero-order valence-electron chi connectivity index (χ0n) is 31.5. The van der Waals surface area contributed by atoms with E-state index in [2.05, 4.69) is 0 Å². The molecule has 8 rings (SSSR count). The molecule has 0 saturated carbocycles. The van der Waals surface area contributed by atoms with Gasteiger partial charge >= 0.3 is 34.5 Å². The van der Waals surface area contributed by atoms with Gasteiger partial charge in [-0.25, -0.2) is 16.8 Å². The molecule has 0 amide bonds. The van der Waals surface area contributed by atoms with Crippen molar-refractivity contribution in [3.8, 4) is 0 Å². The van der Waals surface area contributed by atoms with Crippen LogP contribution in [-0.2, 0) is 58.3 Å². The molecule has 0 radical (unpaired) electrons. The van der Waals surface area contributed by atoms with Crippen LogP contribution in [0.4, 0.5) is 0 Å². The summed E-state index contributed by atoms with van der Waals surface area (Å²) in [5, 5.41) is 0. The molecule has 0 fully saturated rings. The molecule has 0 atom stereocenters. The molecule has 0 spiro atoms. The number of hydrogen-bond acceptors (Lipinski definition) is 4. The molecule has 0 bridgehead atoms. The Balaban J connectivity index is 0.000000170. The molecule has 302 valence electrons. The van der Waals surface area contributed by atoms with Gasteiger partial charge in [0.15, 0.2) is 0 Å². The Kier molecular flexibility index (Phi) is 22.5. The molecule has 0 N–H and O–H groups in total. The zero-order valence-corrected chi connectivity index (χ0v) is 38.0. The van der Waals surface area contributed by atoms with Crippen LogP contribution in [0.15, 0.2) is 282 Å². The summed E-state index contributed by atoms with van der Waals surface area (Å²) in [5.41, 5.74) is 0. The van der Waals surface area contributed by atoms with Crippen molar-refractivity contribution in [2.75, 3.05) is 0 Å². The molecule has 8 aromatic rings. The van der Waals surface area contributed by atoms with Crippen molar-refractivity contribution < 1.29 is 32.0 Å². The Labute approximate surface area is 373 Å². The summed E-state index contributed by atoms with van der Waals surface area (Å²) in [6.07, 6.45) is 0. The van der Waals surface area contributed by atoms with E-state index in [1.165, 1.54) is 0 Å². The molecule has 0 aromatic heterocycles. The van der Waals surface area contributed by atoms with E-state index in [9.17, 15) is 16.8 Å². The summed E-state index contributed by atoms with van der Waals surface area (Å²) in [4.78, 5) is 6.77. The first-order valence-corrected chi connectivity index (χ1v) is 26.9. The van der Waals surface area contributed by atoms with Gasteiger partial charge in [-0.3, -0.25) is 0 Å². The van der Waals surface area contributed by atoms with Crippen molar-refractivity contribution in [2.24, 2.45) is 0 Å². The van der Waals surface area contributed by atoms with Crippen LogP contribution in [0.1, 0.15) is 0 Å². The topological polar surface area (TPSA) is 68.3 Å². The second kappa shape index (κ2) is 28.1. The fraction of sp³-hybridized carbons (Fsp3) is 0. The third kappa shape index (κ3) is 17.0. The summed E-state index contributed by atoms with van der Waals surface area (Å²) in [6, 6.07) is 75.8. The fourth-order valence-electron chi connectivity index (χ4n) is 4.90. The molecule has 11 heteroatoms. The van der Waals surface area contributed by atoms with Crippen LogP contribution in [0.2, 0.25) is 0 Å². The van der Waals surface area contributed by atoms with Gasteiger partial charge in [-0.1, -0.05) is 146 Å². The Hall–Kier alpha value is -4.44. The van der Waals surface area contributed by atoms with Gasteiger partial charge in [0.05, 0.1) is 43.2 Å². The van der Waals surface area contributed by atoms with Crippen molar-refractivity contribution in [2.45, 2.75) is 39.2 Å². The van der Waals surface area contributed by atoms with Gasteiger partial charge in [0, 0.05) is 39.2 Å². The van der Waals surface area contributed by atoms with Gasteiger partial charge in [0.1, 0.15) is 0 Å². The van der Waals surface area contributed by atoms with E-state index in [1.807, 2.05) is 243 Å². The van der Waals surface area contributed by atoms with Crippen molar-refractivity contribution in [1.29, 1.82) is 0 Å². The molecular weight excluding hydrogens is 941 g/mol. The van der Waals surface area contributed by atoms with Crippen molar-refractivity contribution >= 4 is 62.6 Å². The Morgan fingerprint density at radius 2 is 0.305 bits per heavy atom. The standard InChI is InChI=1S/4C12H10OS.2ClH.Ru/c4*13-14(11-7-3-1-4-8-11)12-9-5-2-6-10-12;;;/h4*1-10H;2*1H;/q;;;;;;+2/p-2. The van der Waals surface area contributed by atoms with Crippen molar-refractivity contribution in [3.05, 3.63) is 243 Å². The maximum absolute atomic E-state index is 12.0. The van der Waals surface area contributed by atoms with Crippen LogP contribution >= 0.6 is 19.4 Å². The average Bonchev–Trinajstić information content (AvgIpc) is 3.33. The first-order valence-electron chi connectivity index (χ1n) is 17.9. The molecule has 59 heavy (non-hydrogen) atoms. The monoisotopic (exact) mass is 980 g/mol. The second-order valence-corrected chi connectivity index (χ2v) is 20.2. The summed E-state index contributed by atoms with van der Waals surface area (Å²) in [5.74, 6) is 0. The van der Waals surface area contributed by atoms with E-state index in [0.29, 0.717) is 0 Å². The summed E-state index contributed by atoms with van der Waals surface area (Å²) < 4.78 is 47.8. The van der Waals surface area contributed by atoms with E-state index in [1.54, 1.807) is 0 Å². The van der Waals surface area contributed by atoms with Gasteiger partial charge in [0.25, 0.3) is 0 Å². The third-order valence-electron chi connectivity index (χ3n) is 7.66. The van der Waals surface area contributed by atoms with Crippen LogP contribution < -0.4 is 0 Å². The number of benzene rings is 8. The van der Waals surface area contributed by atoms with Gasteiger partial charge in [-0.2, -0.15) is 0 Å². The summed E-state index contributed by atoms with van der Waals surface area (Å²) in [6.45, 7) is 0. The first-order chi connectivity index (χ1) is 28.9. The maximum atomic E-state index is 12.0. The molecule has 0 aliphatic carbocycles. The Morgan fingerprint density at radius 3 is 0.390 bits per heavy atom.